The van der Waals surface area contributed by atoms with E-state index in [0.717, 1.165) is 10.1 Å². The molecule has 0 fully saturated rings. The Labute approximate surface area is 183 Å². The van der Waals surface area contributed by atoms with Crippen LogP contribution in [0.1, 0.15) is 11.1 Å². The number of fused-ring (bicyclic) bond motifs is 1. The number of hydrogen-bond acceptors (Lipinski definition) is 4. The molecule has 0 unspecified atom stereocenters. The van der Waals surface area contributed by atoms with E-state index in [-0.39, 0.29) is 17.4 Å². The topological polar surface area (TPSA) is 66.1 Å². The van der Waals surface area contributed by atoms with Gasteiger partial charge in [-0.05, 0) is 30.3 Å². The van der Waals surface area contributed by atoms with Crippen molar-refractivity contribution in [2.24, 2.45) is 0 Å². The Kier molecular flexibility index (Phi) is 5.99. The molecule has 0 N–H and O–H groups in total. The molecule has 7 heteroatoms. The third-order valence-electron chi connectivity index (χ3n) is 4.73. The summed E-state index contributed by atoms with van der Waals surface area (Å²) >= 11 is 6.43. The van der Waals surface area contributed by atoms with E-state index in [9.17, 15) is 9.59 Å². The minimum Gasteiger partial charge on any atom is -0.383 e. The van der Waals surface area contributed by atoms with Crippen LogP contribution >= 0.6 is 11.6 Å². The molecule has 2 aromatic heterocycles. The van der Waals surface area contributed by atoms with E-state index >= 15 is 0 Å². The highest BCUT2D eigenvalue weighted by Gasteiger charge is 2.17. The van der Waals surface area contributed by atoms with Crippen molar-refractivity contribution in [3.05, 3.63) is 104 Å². The molecule has 0 aliphatic rings. The second kappa shape index (κ2) is 9.00. The van der Waals surface area contributed by atoms with Gasteiger partial charge in [-0.25, -0.2) is 14.3 Å². The van der Waals surface area contributed by atoms with Crippen molar-refractivity contribution < 1.29 is 4.74 Å². The zero-order valence-corrected chi connectivity index (χ0v) is 17.5. The zero-order valence-electron chi connectivity index (χ0n) is 16.7. The molecule has 0 amide bonds. The molecule has 0 radical (unpaired) electrons. The average molecular weight is 432 g/mol. The van der Waals surface area contributed by atoms with Gasteiger partial charge in [0.25, 0.3) is 5.56 Å². The smallest absolute Gasteiger partial charge is 0.337 e. The summed E-state index contributed by atoms with van der Waals surface area (Å²) in [4.78, 5) is 30.6. The molecule has 0 aliphatic heterocycles. The number of hydrogen-bond donors (Lipinski definition) is 0. The Hall–Kier alpha value is -3.66. The summed E-state index contributed by atoms with van der Waals surface area (Å²) in [5.41, 5.74) is 0.956. The molecular formula is C24H18ClN3O3. The first-order chi connectivity index (χ1) is 15.1. The minimum atomic E-state index is -0.529. The van der Waals surface area contributed by atoms with E-state index in [1.54, 1.807) is 37.4 Å². The maximum Gasteiger partial charge on any atom is 0.337 e. The maximum absolute atomic E-state index is 13.2. The molecule has 0 saturated carbocycles. The highest BCUT2D eigenvalue weighted by atomic mass is 35.5. The van der Waals surface area contributed by atoms with Crippen LogP contribution in [-0.4, -0.2) is 27.8 Å². The zero-order chi connectivity index (χ0) is 21.8. The number of nitrogens with zero attached hydrogens (tertiary/aromatic N) is 3. The Morgan fingerprint density at radius 3 is 2.45 bits per heavy atom. The van der Waals surface area contributed by atoms with Crippen molar-refractivity contribution >= 4 is 22.5 Å². The number of rotatable bonds is 4. The van der Waals surface area contributed by atoms with Crippen LogP contribution in [0.15, 0.2) is 76.4 Å². The summed E-state index contributed by atoms with van der Waals surface area (Å²) in [5.74, 6) is 6.09. The van der Waals surface area contributed by atoms with Gasteiger partial charge in [-0.15, -0.1) is 0 Å². The van der Waals surface area contributed by atoms with Gasteiger partial charge in [0.05, 0.1) is 29.1 Å². The summed E-state index contributed by atoms with van der Waals surface area (Å²) in [6.45, 7) is 0.603. The van der Waals surface area contributed by atoms with Crippen molar-refractivity contribution in [3.8, 4) is 17.7 Å². The van der Waals surface area contributed by atoms with Crippen molar-refractivity contribution in [1.29, 1.82) is 0 Å². The summed E-state index contributed by atoms with van der Waals surface area (Å²) < 4.78 is 7.61. The molecule has 4 rings (SSSR count). The quantitative estimate of drug-likeness (QED) is 0.465. The highest BCUT2D eigenvalue weighted by Crippen LogP contribution is 2.18. The molecule has 4 aromatic rings. The molecule has 2 aromatic carbocycles. The van der Waals surface area contributed by atoms with Crippen LogP contribution in [0.3, 0.4) is 0 Å². The number of halogens is 1. The molecule has 6 nitrogen and oxygen atoms in total. The molecule has 0 spiro atoms. The molecule has 0 saturated heterocycles. The Bertz CT molecular complexity index is 1430. The first kappa shape index (κ1) is 20.6. The molecule has 2 heterocycles. The van der Waals surface area contributed by atoms with Crippen LogP contribution < -0.4 is 11.2 Å². The highest BCUT2D eigenvalue weighted by molar-refractivity contribution is 6.32. The lowest BCUT2D eigenvalue weighted by Gasteiger charge is -2.14. The summed E-state index contributed by atoms with van der Waals surface area (Å²) in [5, 5.41) is 0.552. The number of ether oxygens (including phenoxy) is 1. The van der Waals surface area contributed by atoms with E-state index in [1.165, 1.54) is 10.8 Å². The van der Waals surface area contributed by atoms with Gasteiger partial charge in [-0.3, -0.25) is 9.36 Å². The first-order valence-corrected chi connectivity index (χ1v) is 9.94. The van der Waals surface area contributed by atoms with Gasteiger partial charge in [-0.1, -0.05) is 53.8 Å². The van der Waals surface area contributed by atoms with Crippen LogP contribution in [0.4, 0.5) is 0 Å². The lowest BCUT2D eigenvalue weighted by atomic mass is 10.2. The number of methoxy groups -OCH3 is 1. The third-order valence-corrected chi connectivity index (χ3v) is 5.01. The maximum atomic E-state index is 13.2. The van der Waals surface area contributed by atoms with Crippen molar-refractivity contribution in [1.82, 2.24) is 14.1 Å². The van der Waals surface area contributed by atoms with Crippen LogP contribution in [0.2, 0.25) is 5.02 Å². The fourth-order valence-corrected chi connectivity index (χ4v) is 3.49. The van der Waals surface area contributed by atoms with Gasteiger partial charge < -0.3 is 4.74 Å². The monoisotopic (exact) mass is 431 g/mol. The van der Waals surface area contributed by atoms with Crippen LogP contribution in [0.25, 0.3) is 16.7 Å². The predicted molar refractivity (Wildman–Crippen MR) is 121 cm³/mol. The largest absolute Gasteiger partial charge is 0.383 e. The number of para-hydroxylation sites is 1. The van der Waals surface area contributed by atoms with Crippen molar-refractivity contribution in [2.75, 3.05) is 13.7 Å². The van der Waals surface area contributed by atoms with Gasteiger partial charge in [0.15, 0.2) is 5.82 Å². The van der Waals surface area contributed by atoms with Gasteiger partial charge in [-0.2, -0.15) is 0 Å². The van der Waals surface area contributed by atoms with E-state index in [4.69, 9.17) is 16.3 Å². The van der Waals surface area contributed by atoms with Gasteiger partial charge in [0.1, 0.15) is 0 Å². The molecular weight excluding hydrogens is 414 g/mol. The van der Waals surface area contributed by atoms with Gasteiger partial charge in [0, 0.05) is 24.4 Å². The lowest BCUT2D eigenvalue weighted by molar-refractivity contribution is 0.186. The molecule has 154 valence electrons. The van der Waals surface area contributed by atoms with E-state index < -0.39 is 11.2 Å². The minimum absolute atomic E-state index is 0.0684. The Morgan fingerprint density at radius 1 is 1.00 bits per heavy atom. The number of pyridine rings is 1. The van der Waals surface area contributed by atoms with Gasteiger partial charge >= 0.3 is 5.69 Å². The van der Waals surface area contributed by atoms with Crippen LogP contribution in [0, 0.1) is 11.8 Å². The average Bonchev–Trinajstić information content (AvgIpc) is 2.79. The standard InChI is InChI=1S/C24H18ClN3O3/c1-31-14-13-27-21-10-6-5-9-19(21)23(29)28(24(27)30)22-20(25)15-18(16-26-22)12-11-17-7-3-2-4-8-17/h2-10,15-16H,13-14H2,1H3. The number of benzene rings is 2. The normalized spacial score (nSPS) is 10.6. The van der Waals surface area contributed by atoms with E-state index in [0.29, 0.717) is 23.1 Å². The predicted octanol–water partition coefficient (Wildman–Crippen LogP) is 3.25. The Morgan fingerprint density at radius 2 is 1.71 bits per heavy atom. The summed E-state index contributed by atoms with van der Waals surface area (Å²) in [7, 11) is 1.55. The second-order valence-electron chi connectivity index (χ2n) is 6.73. The van der Waals surface area contributed by atoms with Crippen molar-refractivity contribution in [3.63, 3.8) is 0 Å². The van der Waals surface area contributed by atoms with Gasteiger partial charge in [0.2, 0.25) is 0 Å². The third kappa shape index (κ3) is 4.15. The van der Waals surface area contributed by atoms with Crippen molar-refractivity contribution in [2.45, 2.75) is 6.54 Å². The summed E-state index contributed by atoms with van der Waals surface area (Å²) in [6.07, 6.45) is 1.50. The molecule has 0 bridgehead atoms. The second-order valence-corrected chi connectivity index (χ2v) is 7.14. The fourth-order valence-electron chi connectivity index (χ4n) is 3.24. The van der Waals surface area contributed by atoms with Crippen LogP contribution in [0.5, 0.6) is 0 Å². The Balaban J connectivity index is 1.85. The molecule has 0 atom stereocenters. The molecule has 31 heavy (non-hydrogen) atoms. The summed E-state index contributed by atoms with van der Waals surface area (Å²) in [6, 6.07) is 18.0. The molecule has 0 aliphatic carbocycles. The van der Waals surface area contributed by atoms with E-state index in [2.05, 4.69) is 16.8 Å². The lowest BCUT2D eigenvalue weighted by Crippen LogP contribution is -2.40. The fraction of sp³-hybridized carbons (Fsp3) is 0.125. The SMILES string of the molecule is COCCn1c(=O)n(-c2ncc(C#Cc3ccccc3)cc2Cl)c(=O)c2ccccc21. The first-order valence-electron chi connectivity index (χ1n) is 9.56. The van der Waals surface area contributed by atoms with Crippen LogP contribution in [-0.2, 0) is 11.3 Å². The van der Waals surface area contributed by atoms with E-state index in [1.807, 2.05) is 30.3 Å². The number of aromatic nitrogens is 3.